The Morgan fingerprint density at radius 1 is 0.806 bits per heavy atom. The number of rotatable bonds is 0. The second kappa shape index (κ2) is 6.64. The Hall–Kier alpha value is -0.300. The van der Waals surface area contributed by atoms with Gasteiger partial charge in [0.15, 0.2) is 0 Å². The maximum atomic E-state index is 10.9. The standard InChI is InChI=1S/C30H50O/c1-19-11-14-27(5)17-18-29(7)21(25(27)20(19)2)9-10-23-28(6)15-13-24(31)26(3,4)22(28)12-16-30(23,29)8/h11,20-25,31H,9-10,12-18H2,1-8H3/t20?,21?,22?,23?,24?,25?,27-,28+,29-,30-/m1/s1. The van der Waals surface area contributed by atoms with Gasteiger partial charge in [-0.25, -0.2) is 0 Å². The van der Waals surface area contributed by atoms with Gasteiger partial charge in [-0.3, -0.25) is 0 Å². The molecule has 0 aliphatic heterocycles. The molecule has 1 N–H and O–H groups in total. The second-order valence-corrected chi connectivity index (χ2v) is 14.7. The molecule has 1 heteroatoms. The van der Waals surface area contributed by atoms with Crippen LogP contribution >= 0.6 is 0 Å². The van der Waals surface area contributed by atoms with Gasteiger partial charge in [0, 0.05) is 0 Å². The SMILES string of the molecule is CC1=CC[C@]2(C)CC[C@]3(C)C(CCC4[C@@]5(C)CCC(O)C(C)(C)C5CC[C@]43C)C2C1C. The predicted octanol–water partition coefficient (Wildman–Crippen LogP) is 8.02. The molecule has 0 aromatic carbocycles. The molecule has 1 nitrogen and oxygen atoms in total. The molecule has 0 spiro atoms. The smallest absolute Gasteiger partial charge is 0.0594 e. The molecule has 6 unspecified atom stereocenters. The van der Waals surface area contributed by atoms with Gasteiger partial charge in [0.1, 0.15) is 0 Å². The molecule has 4 fully saturated rings. The second-order valence-electron chi connectivity index (χ2n) is 14.7. The summed E-state index contributed by atoms with van der Waals surface area (Å²) in [4.78, 5) is 0. The van der Waals surface area contributed by atoms with Gasteiger partial charge in [-0.1, -0.05) is 60.1 Å². The average molecular weight is 427 g/mol. The van der Waals surface area contributed by atoms with Crippen LogP contribution < -0.4 is 0 Å². The third-order valence-electron chi connectivity index (χ3n) is 13.5. The lowest BCUT2D eigenvalue weighted by molar-refractivity contribution is -0.250. The number of aliphatic hydroxyl groups excluding tert-OH is 1. The first-order chi connectivity index (χ1) is 14.3. The van der Waals surface area contributed by atoms with E-state index in [0.717, 1.165) is 30.1 Å². The first-order valence-corrected chi connectivity index (χ1v) is 13.7. The molecule has 4 saturated carbocycles. The molecule has 5 aliphatic carbocycles. The van der Waals surface area contributed by atoms with Crippen LogP contribution in [0, 0.1) is 56.7 Å². The minimum absolute atomic E-state index is 0.0665. The molecule has 0 heterocycles. The lowest BCUT2D eigenvalue weighted by Gasteiger charge is -2.73. The quantitative estimate of drug-likeness (QED) is 0.389. The van der Waals surface area contributed by atoms with Crippen molar-refractivity contribution in [3.63, 3.8) is 0 Å². The highest BCUT2D eigenvalue weighted by Gasteiger charge is 2.69. The summed E-state index contributed by atoms with van der Waals surface area (Å²) >= 11 is 0. The van der Waals surface area contributed by atoms with Crippen LogP contribution in [0.5, 0.6) is 0 Å². The number of fused-ring (bicyclic) bond motifs is 7. The van der Waals surface area contributed by atoms with Crippen molar-refractivity contribution < 1.29 is 5.11 Å². The van der Waals surface area contributed by atoms with E-state index in [1.165, 1.54) is 51.4 Å². The molecular formula is C30H50O. The van der Waals surface area contributed by atoms with Crippen molar-refractivity contribution in [3.8, 4) is 0 Å². The van der Waals surface area contributed by atoms with E-state index < -0.39 is 0 Å². The van der Waals surface area contributed by atoms with Gasteiger partial charge < -0.3 is 5.11 Å². The van der Waals surface area contributed by atoms with Crippen molar-refractivity contribution >= 4 is 0 Å². The van der Waals surface area contributed by atoms with Crippen molar-refractivity contribution in [1.29, 1.82) is 0 Å². The van der Waals surface area contributed by atoms with Crippen molar-refractivity contribution in [2.75, 3.05) is 0 Å². The summed E-state index contributed by atoms with van der Waals surface area (Å²) < 4.78 is 0. The molecule has 0 amide bonds. The summed E-state index contributed by atoms with van der Waals surface area (Å²) in [5.74, 6) is 4.00. The number of aliphatic hydroxyl groups is 1. The molecular weight excluding hydrogens is 376 g/mol. The monoisotopic (exact) mass is 426 g/mol. The third kappa shape index (κ3) is 2.65. The lowest BCUT2D eigenvalue weighted by atomic mass is 9.31. The van der Waals surface area contributed by atoms with E-state index in [9.17, 15) is 5.11 Å². The van der Waals surface area contributed by atoms with E-state index in [1.54, 1.807) is 5.57 Å². The van der Waals surface area contributed by atoms with E-state index in [-0.39, 0.29) is 11.5 Å². The van der Waals surface area contributed by atoms with Crippen LogP contribution in [0.15, 0.2) is 11.6 Å². The summed E-state index contributed by atoms with van der Waals surface area (Å²) in [6.45, 7) is 20.5. The molecule has 0 aromatic rings. The lowest BCUT2D eigenvalue weighted by Crippen LogP contribution is -2.67. The van der Waals surface area contributed by atoms with Crippen molar-refractivity contribution in [2.24, 2.45) is 56.7 Å². The molecule has 0 saturated heterocycles. The van der Waals surface area contributed by atoms with E-state index in [4.69, 9.17) is 0 Å². The molecule has 10 atom stereocenters. The van der Waals surface area contributed by atoms with Crippen LogP contribution in [0.2, 0.25) is 0 Å². The Balaban J connectivity index is 1.55. The van der Waals surface area contributed by atoms with Crippen LogP contribution in [-0.4, -0.2) is 11.2 Å². The Bertz CT molecular complexity index is 779. The van der Waals surface area contributed by atoms with Gasteiger partial charge in [-0.15, -0.1) is 0 Å². The predicted molar refractivity (Wildman–Crippen MR) is 131 cm³/mol. The van der Waals surface area contributed by atoms with E-state index >= 15 is 0 Å². The number of hydrogen-bond donors (Lipinski definition) is 1. The first-order valence-electron chi connectivity index (χ1n) is 13.7. The molecule has 176 valence electrons. The average Bonchev–Trinajstić information content (AvgIpc) is 2.69. The van der Waals surface area contributed by atoms with E-state index in [1.807, 2.05) is 0 Å². The van der Waals surface area contributed by atoms with Crippen LogP contribution in [-0.2, 0) is 0 Å². The number of allylic oxidation sites excluding steroid dienone is 2. The summed E-state index contributed by atoms with van der Waals surface area (Å²) in [5, 5.41) is 10.9. The molecule has 5 rings (SSSR count). The fraction of sp³-hybridized carbons (Fsp3) is 0.933. The maximum absolute atomic E-state index is 10.9. The normalized spacial score (nSPS) is 58.3. The molecule has 31 heavy (non-hydrogen) atoms. The number of hydrogen-bond acceptors (Lipinski definition) is 1. The minimum Gasteiger partial charge on any atom is -0.393 e. The Morgan fingerprint density at radius 3 is 2.23 bits per heavy atom. The van der Waals surface area contributed by atoms with Crippen molar-refractivity contribution in [3.05, 3.63) is 11.6 Å². The summed E-state index contributed by atoms with van der Waals surface area (Å²) in [7, 11) is 0. The van der Waals surface area contributed by atoms with Crippen molar-refractivity contribution in [1.82, 2.24) is 0 Å². The topological polar surface area (TPSA) is 20.2 Å². The van der Waals surface area contributed by atoms with Gasteiger partial charge in [0.05, 0.1) is 6.10 Å². The van der Waals surface area contributed by atoms with Gasteiger partial charge in [0.25, 0.3) is 0 Å². The van der Waals surface area contributed by atoms with E-state index in [2.05, 4.69) is 61.5 Å². The first kappa shape index (κ1) is 22.5. The van der Waals surface area contributed by atoms with E-state index in [0.29, 0.717) is 27.6 Å². The highest BCUT2D eigenvalue weighted by molar-refractivity contribution is 5.22. The Labute approximate surface area is 192 Å². The van der Waals surface area contributed by atoms with Crippen LogP contribution in [0.25, 0.3) is 0 Å². The highest BCUT2D eigenvalue weighted by Crippen LogP contribution is 2.76. The minimum atomic E-state index is -0.116. The van der Waals surface area contributed by atoms with Crippen LogP contribution in [0.1, 0.15) is 113 Å². The zero-order chi connectivity index (χ0) is 22.6. The summed E-state index contributed by atoms with van der Waals surface area (Å²) in [6.07, 6.45) is 14.5. The van der Waals surface area contributed by atoms with Crippen LogP contribution in [0.3, 0.4) is 0 Å². The Kier molecular flexibility index (Phi) is 4.82. The third-order valence-corrected chi connectivity index (χ3v) is 13.5. The summed E-state index contributed by atoms with van der Waals surface area (Å²) in [6, 6.07) is 0. The molecule has 0 radical (unpaired) electrons. The fourth-order valence-electron chi connectivity index (χ4n) is 11.3. The van der Waals surface area contributed by atoms with Crippen LogP contribution in [0.4, 0.5) is 0 Å². The molecule has 5 aliphatic rings. The summed E-state index contributed by atoms with van der Waals surface area (Å²) in [5.41, 5.74) is 3.58. The van der Waals surface area contributed by atoms with Gasteiger partial charge >= 0.3 is 0 Å². The largest absolute Gasteiger partial charge is 0.393 e. The zero-order valence-electron chi connectivity index (χ0n) is 21.9. The molecule has 0 aromatic heterocycles. The van der Waals surface area contributed by atoms with Gasteiger partial charge in [0.2, 0.25) is 0 Å². The van der Waals surface area contributed by atoms with Crippen molar-refractivity contribution in [2.45, 2.75) is 119 Å². The van der Waals surface area contributed by atoms with Gasteiger partial charge in [-0.05, 0) is 121 Å². The zero-order valence-corrected chi connectivity index (χ0v) is 21.9. The molecule has 0 bridgehead atoms. The fourth-order valence-corrected chi connectivity index (χ4v) is 11.3. The van der Waals surface area contributed by atoms with Gasteiger partial charge in [-0.2, -0.15) is 0 Å². The Morgan fingerprint density at radius 2 is 1.52 bits per heavy atom. The highest BCUT2D eigenvalue weighted by atomic mass is 16.3. The maximum Gasteiger partial charge on any atom is 0.0594 e.